The largest absolute Gasteiger partial charge is 0.467 e. The van der Waals surface area contributed by atoms with Crippen LogP contribution >= 0.6 is 36.4 Å². The summed E-state index contributed by atoms with van der Waals surface area (Å²) in [4.78, 5) is 16.0. The van der Waals surface area contributed by atoms with E-state index >= 15 is 0 Å². The van der Waals surface area contributed by atoms with E-state index < -0.39 is 0 Å². The molecule has 2 aromatic rings. The molecule has 8 heteroatoms. The summed E-state index contributed by atoms with van der Waals surface area (Å²) in [5, 5.41) is 0.762. The Bertz CT molecular complexity index is 811. The van der Waals surface area contributed by atoms with E-state index in [9.17, 15) is 4.79 Å². The second kappa shape index (κ2) is 15.3. The molecule has 2 aromatic carbocycles. The van der Waals surface area contributed by atoms with E-state index in [0.29, 0.717) is 6.61 Å². The number of carbonyl (C=O) groups excluding carboxylic acids is 1. The zero-order valence-corrected chi connectivity index (χ0v) is 20.6. The third-order valence-corrected chi connectivity index (χ3v) is 5.52. The van der Waals surface area contributed by atoms with E-state index in [1.807, 2.05) is 18.2 Å². The normalized spacial score (nSPS) is 15.6. The number of hydrogen-bond donors (Lipinski definition) is 0. The van der Waals surface area contributed by atoms with Crippen molar-refractivity contribution in [3.8, 4) is 0 Å². The van der Waals surface area contributed by atoms with E-state index in [1.165, 1.54) is 18.2 Å². The number of halogens is 3. The highest BCUT2D eigenvalue weighted by Gasteiger charge is 2.25. The number of benzene rings is 2. The molecule has 1 fully saturated rings. The Morgan fingerprint density at radius 2 is 1.59 bits per heavy atom. The minimum atomic E-state index is -0.354. The molecule has 1 atom stereocenters. The van der Waals surface area contributed by atoms with Crippen LogP contribution in [0, 0.1) is 0 Å². The molecule has 1 aliphatic rings. The lowest BCUT2D eigenvalue weighted by atomic mass is 9.96. The van der Waals surface area contributed by atoms with Gasteiger partial charge in [0.2, 0.25) is 0 Å². The Morgan fingerprint density at radius 1 is 0.969 bits per heavy atom. The molecule has 3 rings (SSSR count). The molecule has 0 aromatic heterocycles. The van der Waals surface area contributed by atoms with E-state index in [1.54, 1.807) is 0 Å². The summed E-state index contributed by atoms with van der Waals surface area (Å²) < 4.78 is 9.78. The molecule has 32 heavy (non-hydrogen) atoms. The fourth-order valence-electron chi connectivity index (χ4n) is 3.66. The molecular formula is C24H31Cl3N2O3. The molecule has 0 amide bonds. The Kier molecular flexibility index (Phi) is 13.6. The zero-order valence-electron chi connectivity index (χ0n) is 18.2. The van der Waals surface area contributed by atoms with Crippen LogP contribution < -0.4 is 0 Å². The summed E-state index contributed by atoms with van der Waals surface area (Å²) in [6, 6.07) is 19.1. The lowest BCUT2D eigenvalue weighted by Gasteiger charge is -2.39. The SMILES string of the molecule is COC(=O)COC/C=C\CN1CCN([C@H](c2ccccc2)c2ccc(Cl)cc2)CC1.Cl.Cl. The topological polar surface area (TPSA) is 42.0 Å². The molecule has 0 aliphatic carbocycles. The van der Waals surface area contributed by atoms with Crippen LogP contribution in [0.5, 0.6) is 0 Å². The van der Waals surface area contributed by atoms with Crippen molar-refractivity contribution in [2.24, 2.45) is 0 Å². The van der Waals surface area contributed by atoms with Crippen molar-refractivity contribution in [3.05, 3.63) is 82.9 Å². The minimum Gasteiger partial charge on any atom is -0.467 e. The minimum absolute atomic E-state index is 0. The predicted octanol–water partition coefficient (Wildman–Crippen LogP) is 4.64. The Morgan fingerprint density at radius 3 is 2.22 bits per heavy atom. The molecule has 1 saturated heterocycles. The number of rotatable bonds is 9. The van der Waals surface area contributed by atoms with Gasteiger partial charge in [-0.3, -0.25) is 9.80 Å². The molecule has 0 N–H and O–H groups in total. The summed E-state index contributed by atoms with van der Waals surface area (Å²) >= 11 is 6.11. The molecule has 0 bridgehead atoms. The number of carbonyl (C=O) groups is 1. The first-order chi connectivity index (χ1) is 14.7. The van der Waals surface area contributed by atoms with Gasteiger partial charge < -0.3 is 9.47 Å². The highest BCUT2D eigenvalue weighted by atomic mass is 35.5. The average Bonchev–Trinajstić information content (AvgIpc) is 2.79. The first kappa shape index (κ1) is 28.4. The van der Waals surface area contributed by atoms with Crippen LogP contribution in [0.3, 0.4) is 0 Å². The van der Waals surface area contributed by atoms with Crippen molar-refractivity contribution in [2.45, 2.75) is 6.04 Å². The third kappa shape index (κ3) is 8.74. The quantitative estimate of drug-likeness (QED) is 0.285. The molecule has 0 saturated carbocycles. The molecule has 0 spiro atoms. The number of nitrogens with zero attached hydrogens (tertiary/aromatic N) is 2. The number of methoxy groups -OCH3 is 1. The molecule has 176 valence electrons. The first-order valence-electron chi connectivity index (χ1n) is 10.2. The van der Waals surface area contributed by atoms with Gasteiger partial charge in [0.15, 0.2) is 0 Å². The first-order valence-corrected chi connectivity index (χ1v) is 10.6. The maximum atomic E-state index is 11.0. The van der Waals surface area contributed by atoms with Crippen LogP contribution in [0.25, 0.3) is 0 Å². The van der Waals surface area contributed by atoms with E-state index in [0.717, 1.165) is 37.7 Å². The monoisotopic (exact) mass is 500 g/mol. The van der Waals surface area contributed by atoms with Gasteiger partial charge in [-0.2, -0.15) is 0 Å². The van der Waals surface area contributed by atoms with Crippen LogP contribution in [0.1, 0.15) is 17.2 Å². The van der Waals surface area contributed by atoms with Gasteiger partial charge in [0.25, 0.3) is 0 Å². The summed E-state index contributed by atoms with van der Waals surface area (Å²) in [5.74, 6) is -0.354. The van der Waals surface area contributed by atoms with Crippen molar-refractivity contribution in [3.63, 3.8) is 0 Å². The number of esters is 1. The van der Waals surface area contributed by atoms with Gasteiger partial charge in [-0.1, -0.05) is 66.2 Å². The van der Waals surface area contributed by atoms with Gasteiger partial charge in [0.1, 0.15) is 6.61 Å². The Hall–Kier alpha value is -1.60. The summed E-state index contributed by atoms with van der Waals surface area (Å²) in [7, 11) is 1.36. The smallest absolute Gasteiger partial charge is 0.331 e. The predicted molar refractivity (Wildman–Crippen MR) is 134 cm³/mol. The summed E-state index contributed by atoms with van der Waals surface area (Å²) in [5.41, 5.74) is 2.57. The van der Waals surface area contributed by atoms with Crippen LogP contribution in [0.15, 0.2) is 66.7 Å². The molecule has 5 nitrogen and oxygen atoms in total. The highest BCUT2D eigenvalue weighted by Crippen LogP contribution is 2.30. The van der Waals surface area contributed by atoms with Crippen molar-refractivity contribution in [1.82, 2.24) is 9.80 Å². The number of piperazine rings is 1. The van der Waals surface area contributed by atoms with Gasteiger partial charge in [-0.25, -0.2) is 4.79 Å². The van der Waals surface area contributed by atoms with E-state index in [-0.39, 0.29) is 43.4 Å². The lowest BCUT2D eigenvalue weighted by molar-refractivity contribution is -0.145. The van der Waals surface area contributed by atoms with Crippen LogP contribution in [0.2, 0.25) is 5.02 Å². The van der Waals surface area contributed by atoms with Gasteiger partial charge in [0.05, 0.1) is 19.8 Å². The highest BCUT2D eigenvalue weighted by molar-refractivity contribution is 6.30. The molecular weight excluding hydrogens is 471 g/mol. The number of ether oxygens (including phenoxy) is 2. The second-order valence-corrected chi connectivity index (χ2v) is 7.70. The van der Waals surface area contributed by atoms with Gasteiger partial charge in [-0.05, 0) is 23.3 Å². The third-order valence-electron chi connectivity index (χ3n) is 5.27. The number of hydrogen-bond acceptors (Lipinski definition) is 5. The van der Waals surface area contributed by atoms with Gasteiger partial charge in [-0.15, -0.1) is 24.8 Å². The summed E-state index contributed by atoms with van der Waals surface area (Å²) in [6.07, 6.45) is 4.05. The standard InChI is InChI=1S/C24H29ClN2O3.2ClH/c1-29-23(28)19-30-18-6-5-13-26-14-16-27(17-15-26)24(20-7-3-2-4-8-20)21-9-11-22(25)12-10-21;;/h2-12,24H,13-19H2,1H3;2*1H/b6-5-;;/t24-;;/m1../s1. The fraction of sp³-hybridized carbons (Fsp3) is 0.375. The molecule has 0 radical (unpaired) electrons. The van der Waals surface area contributed by atoms with E-state index in [2.05, 4.69) is 63.1 Å². The maximum Gasteiger partial charge on any atom is 0.331 e. The maximum absolute atomic E-state index is 11.0. The van der Waals surface area contributed by atoms with Crippen molar-refractivity contribution < 1.29 is 14.3 Å². The zero-order chi connectivity index (χ0) is 21.2. The van der Waals surface area contributed by atoms with Gasteiger partial charge in [0, 0.05) is 37.7 Å². The summed E-state index contributed by atoms with van der Waals surface area (Å²) in [6.45, 7) is 5.29. The van der Waals surface area contributed by atoms with Crippen LogP contribution in [0.4, 0.5) is 0 Å². The van der Waals surface area contributed by atoms with Crippen molar-refractivity contribution in [2.75, 3.05) is 53.0 Å². The molecule has 0 unspecified atom stereocenters. The van der Waals surface area contributed by atoms with Crippen LogP contribution in [-0.2, 0) is 14.3 Å². The Labute approximate surface area is 208 Å². The lowest BCUT2D eigenvalue weighted by Crippen LogP contribution is -2.47. The van der Waals surface area contributed by atoms with E-state index in [4.69, 9.17) is 16.3 Å². The molecule has 1 aliphatic heterocycles. The Balaban J connectivity index is 0.00000256. The van der Waals surface area contributed by atoms with Crippen LogP contribution in [-0.4, -0.2) is 68.8 Å². The average molecular weight is 502 g/mol. The molecule has 1 heterocycles. The van der Waals surface area contributed by atoms with Gasteiger partial charge >= 0.3 is 5.97 Å². The second-order valence-electron chi connectivity index (χ2n) is 7.26. The fourth-order valence-corrected chi connectivity index (χ4v) is 3.79. The van der Waals surface area contributed by atoms with Crippen molar-refractivity contribution in [1.29, 1.82) is 0 Å². The van der Waals surface area contributed by atoms with Crippen molar-refractivity contribution >= 4 is 42.4 Å².